The normalized spacial score (nSPS) is 12.2. The van der Waals surface area contributed by atoms with Gasteiger partial charge in [0.25, 0.3) is 0 Å². The first-order chi connectivity index (χ1) is 6.26. The van der Waals surface area contributed by atoms with Crippen molar-refractivity contribution >= 4 is 0 Å². The lowest BCUT2D eigenvalue weighted by molar-refractivity contribution is 0.204. The number of hydrogen-bond acceptors (Lipinski definition) is 3. The van der Waals surface area contributed by atoms with E-state index in [0.717, 1.165) is 17.9 Å². The van der Waals surface area contributed by atoms with Crippen LogP contribution in [0.4, 0.5) is 0 Å². The number of ether oxygens (including phenoxy) is 2. The molecule has 1 aromatic carbocycles. The van der Waals surface area contributed by atoms with E-state index in [0.29, 0.717) is 0 Å². The van der Waals surface area contributed by atoms with E-state index in [4.69, 9.17) is 15.2 Å². The van der Waals surface area contributed by atoms with Crippen molar-refractivity contribution in [2.24, 2.45) is 5.73 Å². The molecule has 0 saturated carbocycles. The zero-order valence-electron chi connectivity index (χ0n) is 7.99. The fourth-order valence-corrected chi connectivity index (χ4v) is 0.933. The predicted octanol–water partition coefficient (Wildman–Crippen LogP) is 1.77. The zero-order valence-corrected chi connectivity index (χ0v) is 7.99. The molecule has 0 aromatic heterocycles. The first-order valence-electron chi connectivity index (χ1n) is 4.32. The summed E-state index contributed by atoms with van der Waals surface area (Å²) in [6.07, 6.45) is 0.545. The van der Waals surface area contributed by atoms with E-state index in [9.17, 15) is 0 Å². The summed E-state index contributed by atoms with van der Waals surface area (Å²) >= 11 is 0. The third-order valence-corrected chi connectivity index (χ3v) is 1.73. The van der Waals surface area contributed by atoms with Gasteiger partial charge in [-0.2, -0.15) is 0 Å². The molecule has 3 nitrogen and oxygen atoms in total. The Hall–Kier alpha value is -1.22. The molecular formula is C10H15NO2. The van der Waals surface area contributed by atoms with Crippen LogP contribution in [-0.4, -0.2) is 13.3 Å². The molecule has 0 fully saturated rings. The van der Waals surface area contributed by atoms with Crippen LogP contribution >= 0.6 is 0 Å². The van der Waals surface area contributed by atoms with Crippen LogP contribution in [0.3, 0.4) is 0 Å². The highest BCUT2D eigenvalue weighted by Crippen LogP contribution is 2.19. The summed E-state index contributed by atoms with van der Waals surface area (Å²) in [5, 5.41) is 0. The second-order valence-electron chi connectivity index (χ2n) is 2.74. The van der Waals surface area contributed by atoms with Gasteiger partial charge in [0.05, 0.1) is 7.11 Å². The van der Waals surface area contributed by atoms with E-state index in [1.807, 2.05) is 31.2 Å². The summed E-state index contributed by atoms with van der Waals surface area (Å²) in [5.41, 5.74) is 5.63. The number of hydrogen-bond donors (Lipinski definition) is 1. The Balaban J connectivity index is 2.66. The molecule has 1 aromatic rings. The molecule has 0 aliphatic rings. The minimum Gasteiger partial charge on any atom is -0.497 e. The maximum Gasteiger partial charge on any atom is 0.147 e. The predicted molar refractivity (Wildman–Crippen MR) is 51.9 cm³/mol. The van der Waals surface area contributed by atoms with Gasteiger partial charge in [-0.3, -0.25) is 5.73 Å². The van der Waals surface area contributed by atoms with Crippen LogP contribution in [0.2, 0.25) is 0 Å². The van der Waals surface area contributed by atoms with Crippen LogP contribution < -0.4 is 15.2 Å². The first-order valence-corrected chi connectivity index (χ1v) is 4.32. The minimum absolute atomic E-state index is 0.243. The fraction of sp³-hybridized carbons (Fsp3) is 0.400. The van der Waals surface area contributed by atoms with Gasteiger partial charge in [0.1, 0.15) is 17.7 Å². The lowest BCUT2D eigenvalue weighted by Gasteiger charge is -2.12. The molecule has 0 amide bonds. The Labute approximate surface area is 78.5 Å². The number of rotatable bonds is 4. The van der Waals surface area contributed by atoms with Crippen molar-refractivity contribution in [3.8, 4) is 11.5 Å². The summed E-state index contributed by atoms with van der Waals surface area (Å²) in [5.74, 6) is 1.52. The molecule has 1 unspecified atom stereocenters. The maximum absolute atomic E-state index is 5.63. The van der Waals surface area contributed by atoms with Crippen LogP contribution in [0, 0.1) is 0 Å². The van der Waals surface area contributed by atoms with E-state index in [2.05, 4.69) is 0 Å². The van der Waals surface area contributed by atoms with Crippen molar-refractivity contribution in [1.82, 2.24) is 0 Å². The third kappa shape index (κ3) is 2.95. The Morgan fingerprint density at radius 1 is 1.38 bits per heavy atom. The van der Waals surface area contributed by atoms with Gasteiger partial charge in [-0.15, -0.1) is 0 Å². The van der Waals surface area contributed by atoms with Crippen molar-refractivity contribution in [2.45, 2.75) is 19.6 Å². The average Bonchev–Trinajstić information content (AvgIpc) is 2.18. The number of nitrogens with two attached hydrogens (primary N) is 1. The highest BCUT2D eigenvalue weighted by molar-refractivity contribution is 5.32. The van der Waals surface area contributed by atoms with E-state index in [-0.39, 0.29) is 6.23 Å². The standard InChI is InChI=1S/C10H15NO2/c1-3-10(11)13-9-6-4-5-8(7-9)12-2/h4-7,10H,3,11H2,1-2H3. The highest BCUT2D eigenvalue weighted by atomic mass is 16.5. The topological polar surface area (TPSA) is 44.5 Å². The van der Waals surface area contributed by atoms with Crippen LogP contribution in [0.5, 0.6) is 11.5 Å². The van der Waals surface area contributed by atoms with Crippen LogP contribution in [0.1, 0.15) is 13.3 Å². The molecule has 1 atom stereocenters. The summed E-state index contributed by atoms with van der Waals surface area (Å²) in [6.45, 7) is 1.98. The van der Waals surface area contributed by atoms with Gasteiger partial charge in [0.2, 0.25) is 0 Å². The molecule has 13 heavy (non-hydrogen) atoms. The van der Waals surface area contributed by atoms with Gasteiger partial charge in [0, 0.05) is 6.07 Å². The maximum atomic E-state index is 5.63. The van der Waals surface area contributed by atoms with E-state index in [1.165, 1.54) is 0 Å². The van der Waals surface area contributed by atoms with Gasteiger partial charge in [-0.25, -0.2) is 0 Å². The van der Waals surface area contributed by atoms with Gasteiger partial charge >= 0.3 is 0 Å². The SMILES string of the molecule is CCC(N)Oc1cccc(OC)c1. The van der Waals surface area contributed by atoms with E-state index < -0.39 is 0 Å². The smallest absolute Gasteiger partial charge is 0.147 e. The molecule has 0 radical (unpaired) electrons. The Bertz CT molecular complexity index is 263. The summed E-state index contributed by atoms with van der Waals surface area (Å²) in [7, 11) is 1.62. The van der Waals surface area contributed by atoms with Gasteiger partial charge in [-0.1, -0.05) is 13.0 Å². The van der Waals surface area contributed by atoms with Crippen LogP contribution in [0.15, 0.2) is 24.3 Å². The molecule has 0 aliphatic heterocycles. The number of benzene rings is 1. The minimum atomic E-state index is -0.243. The fourth-order valence-electron chi connectivity index (χ4n) is 0.933. The molecule has 0 bridgehead atoms. The van der Waals surface area contributed by atoms with Crippen LogP contribution in [-0.2, 0) is 0 Å². The lowest BCUT2D eigenvalue weighted by Crippen LogP contribution is -2.25. The summed E-state index contributed by atoms with van der Waals surface area (Å²) in [6, 6.07) is 7.41. The van der Waals surface area contributed by atoms with Gasteiger partial charge in [0.15, 0.2) is 0 Å². The second-order valence-corrected chi connectivity index (χ2v) is 2.74. The zero-order chi connectivity index (χ0) is 9.68. The number of methoxy groups -OCH3 is 1. The molecule has 2 N–H and O–H groups in total. The molecule has 1 rings (SSSR count). The van der Waals surface area contributed by atoms with Crippen molar-refractivity contribution in [3.05, 3.63) is 24.3 Å². The average molecular weight is 181 g/mol. The monoisotopic (exact) mass is 181 g/mol. The second kappa shape index (κ2) is 4.72. The van der Waals surface area contributed by atoms with E-state index in [1.54, 1.807) is 7.11 Å². The molecule has 0 spiro atoms. The van der Waals surface area contributed by atoms with Gasteiger partial charge in [-0.05, 0) is 18.6 Å². The third-order valence-electron chi connectivity index (χ3n) is 1.73. The summed E-state index contributed by atoms with van der Waals surface area (Å²) < 4.78 is 10.5. The van der Waals surface area contributed by atoms with E-state index >= 15 is 0 Å². The lowest BCUT2D eigenvalue weighted by atomic mass is 10.3. The molecule has 0 heterocycles. The molecule has 0 aliphatic carbocycles. The molecule has 0 saturated heterocycles. The first kappa shape index (κ1) is 9.86. The van der Waals surface area contributed by atoms with Crippen molar-refractivity contribution in [3.63, 3.8) is 0 Å². The molecule has 72 valence electrons. The van der Waals surface area contributed by atoms with Crippen molar-refractivity contribution in [1.29, 1.82) is 0 Å². The van der Waals surface area contributed by atoms with Crippen LogP contribution in [0.25, 0.3) is 0 Å². The molecule has 3 heteroatoms. The Kier molecular flexibility index (Phi) is 3.58. The van der Waals surface area contributed by atoms with Crippen molar-refractivity contribution in [2.75, 3.05) is 7.11 Å². The van der Waals surface area contributed by atoms with Crippen molar-refractivity contribution < 1.29 is 9.47 Å². The summed E-state index contributed by atoms with van der Waals surface area (Å²) in [4.78, 5) is 0. The highest BCUT2D eigenvalue weighted by Gasteiger charge is 2.01. The molecular weight excluding hydrogens is 166 g/mol. The largest absolute Gasteiger partial charge is 0.497 e. The Morgan fingerprint density at radius 2 is 2.08 bits per heavy atom. The van der Waals surface area contributed by atoms with Gasteiger partial charge < -0.3 is 9.47 Å². The quantitative estimate of drug-likeness (QED) is 0.720. The Morgan fingerprint density at radius 3 is 2.69 bits per heavy atom.